The number of benzene rings is 1. The summed E-state index contributed by atoms with van der Waals surface area (Å²) in [6, 6.07) is 9.23. The molecule has 3 aromatic heterocycles. The van der Waals surface area contributed by atoms with Crippen LogP contribution in [0.5, 0.6) is 11.5 Å². The standard InChI is InChI=1S/C31H30F2N6O5/c1-30(2,3)44-29(41)37-31(4)14-42-22-11-15(13-34-24(22)31)17-9-10-18-25(35-17)39-19-12-20(26(39)36-18)38(5)27(40)16-7-6-8-21(23(16)19)43-28(32)33/h6-11,13,19-20,28H,12,14H2,1-5H3,(H,37,41). The molecule has 3 aliphatic rings. The number of alkyl halides is 2. The fraction of sp³-hybridized carbons (Fsp3) is 0.387. The minimum Gasteiger partial charge on any atom is -0.489 e. The van der Waals surface area contributed by atoms with Crippen molar-refractivity contribution in [2.75, 3.05) is 13.7 Å². The Balaban J connectivity index is 1.28. The van der Waals surface area contributed by atoms with Crippen LogP contribution in [0.4, 0.5) is 13.6 Å². The van der Waals surface area contributed by atoms with Crippen molar-refractivity contribution in [1.82, 2.24) is 29.7 Å². The summed E-state index contributed by atoms with van der Waals surface area (Å²) in [6.07, 6.45) is 1.54. The zero-order valence-electron chi connectivity index (χ0n) is 24.7. The maximum absolute atomic E-state index is 13.4. The molecule has 3 unspecified atom stereocenters. The van der Waals surface area contributed by atoms with Gasteiger partial charge in [0.15, 0.2) is 5.65 Å². The summed E-state index contributed by atoms with van der Waals surface area (Å²) in [5, 5.41) is 2.87. The third-order valence-electron chi connectivity index (χ3n) is 8.22. The number of amides is 2. The molecule has 13 heteroatoms. The van der Waals surface area contributed by atoms with Gasteiger partial charge in [-0.3, -0.25) is 9.78 Å². The van der Waals surface area contributed by atoms with Crippen molar-refractivity contribution in [3.8, 4) is 22.8 Å². The molecule has 7 rings (SSSR count). The molecule has 2 bridgehead atoms. The smallest absolute Gasteiger partial charge is 0.408 e. The summed E-state index contributed by atoms with van der Waals surface area (Å²) < 4.78 is 45.0. The van der Waals surface area contributed by atoms with Gasteiger partial charge in [-0.2, -0.15) is 8.78 Å². The molecule has 44 heavy (non-hydrogen) atoms. The van der Waals surface area contributed by atoms with Crippen molar-refractivity contribution < 1.29 is 32.6 Å². The topological polar surface area (TPSA) is 121 Å². The van der Waals surface area contributed by atoms with E-state index in [9.17, 15) is 18.4 Å². The summed E-state index contributed by atoms with van der Waals surface area (Å²) in [7, 11) is 1.69. The molecule has 6 heterocycles. The van der Waals surface area contributed by atoms with E-state index in [2.05, 4.69) is 10.3 Å². The zero-order chi connectivity index (χ0) is 31.1. The number of aromatic nitrogens is 4. The molecular weight excluding hydrogens is 574 g/mol. The highest BCUT2D eigenvalue weighted by atomic mass is 19.3. The van der Waals surface area contributed by atoms with Gasteiger partial charge < -0.3 is 29.0 Å². The second-order valence-corrected chi connectivity index (χ2v) is 12.5. The quantitative estimate of drug-likeness (QED) is 0.331. The largest absolute Gasteiger partial charge is 0.489 e. The van der Waals surface area contributed by atoms with Gasteiger partial charge in [-0.25, -0.2) is 14.8 Å². The second-order valence-electron chi connectivity index (χ2n) is 12.5. The Labute approximate surface area is 251 Å². The third kappa shape index (κ3) is 4.40. The molecule has 0 spiro atoms. The van der Waals surface area contributed by atoms with Crippen LogP contribution in [0.2, 0.25) is 0 Å². The van der Waals surface area contributed by atoms with E-state index in [-0.39, 0.29) is 24.3 Å². The number of nitrogens with one attached hydrogen (secondary N) is 1. The van der Waals surface area contributed by atoms with Crippen LogP contribution < -0.4 is 14.8 Å². The van der Waals surface area contributed by atoms with Crippen molar-refractivity contribution in [2.45, 2.75) is 64.0 Å². The van der Waals surface area contributed by atoms with Gasteiger partial charge in [0, 0.05) is 36.4 Å². The van der Waals surface area contributed by atoms with Gasteiger partial charge in [-0.15, -0.1) is 0 Å². The highest BCUT2D eigenvalue weighted by Gasteiger charge is 2.45. The van der Waals surface area contributed by atoms with Gasteiger partial charge >= 0.3 is 12.7 Å². The Kier molecular flexibility index (Phi) is 6.10. The lowest BCUT2D eigenvalue weighted by Crippen LogP contribution is -2.47. The number of fused-ring (bicyclic) bond motifs is 10. The molecule has 0 fully saturated rings. The van der Waals surface area contributed by atoms with Crippen LogP contribution >= 0.6 is 0 Å². The Morgan fingerprint density at radius 2 is 1.98 bits per heavy atom. The normalized spacial score (nSPS) is 21.9. The van der Waals surface area contributed by atoms with Crippen molar-refractivity contribution >= 4 is 23.2 Å². The number of alkyl carbamates (subject to hydrolysis) is 1. The third-order valence-corrected chi connectivity index (χ3v) is 8.22. The molecule has 3 aliphatic heterocycles. The molecular formula is C31H30F2N6O5. The van der Waals surface area contributed by atoms with E-state index in [0.717, 1.165) is 0 Å². The lowest BCUT2D eigenvalue weighted by molar-refractivity contribution is -0.0507. The molecule has 4 aromatic rings. The van der Waals surface area contributed by atoms with Gasteiger partial charge in [0.1, 0.15) is 46.3 Å². The van der Waals surface area contributed by atoms with E-state index in [0.29, 0.717) is 57.2 Å². The average molecular weight is 605 g/mol. The molecule has 3 atom stereocenters. The van der Waals surface area contributed by atoms with Crippen LogP contribution in [-0.2, 0) is 10.3 Å². The Hall–Kier alpha value is -4.81. The minimum atomic E-state index is -3.05. The summed E-state index contributed by atoms with van der Waals surface area (Å²) in [6.45, 7) is 4.33. The van der Waals surface area contributed by atoms with Crippen LogP contribution in [0.3, 0.4) is 0 Å². The molecule has 11 nitrogen and oxygen atoms in total. The predicted molar refractivity (Wildman–Crippen MR) is 154 cm³/mol. The summed E-state index contributed by atoms with van der Waals surface area (Å²) in [5.74, 6) is 0.814. The van der Waals surface area contributed by atoms with Crippen LogP contribution in [0.1, 0.15) is 73.6 Å². The second kappa shape index (κ2) is 9.60. The Morgan fingerprint density at radius 3 is 2.73 bits per heavy atom. The van der Waals surface area contributed by atoms with Gasteiger partial charge in [0.2, 0.25) is 0 Å². The number of ether oxygens (including phenoxy) is 3. The molecule has 1 N–H and O–H groups in total. The van der Waals surface area contributed by atoms with E-state index < -0.39 is 29.9 Å². The first-order chi connectivity index (χ1) is 20.8. The number of hydrogen-bond acceptors (Lipinski definition) is 8. The van der Waals surface area contributed by atoms with E-state index in [1.807, 2.05) is 29.7 Å². The summed E-state index contributed by atoms with van der Waals surface area (Å²) >= 11 is 0. The van der Waals surface area contributed by atoms with Crippen LogP contribution in [-0.4, -0.2) is 62.3 Å². The first-order valence-electron chi connectivity index (χ1n) is 14.2. The van der Waals surface area contributed by atoms with Crippen molar-refractivity contribution in [3.05, 3.63) is 65.2 Å². The lowest BCUT2D eigenvalue weighted by Gasteiger charge is -2.26. The average Bonchev–Trinajstić information content (AvgIpc) is 3.58. The van der Waals surface area contributed by atoms with Crippen molar-refractivity contribution in [2.24, 2.45) is 0 Å². The maximum atomic E-state index is 13.4. The van der Waals surface area contributed by atoms with Crippen molar-refractivity contribution in [1.29, 1.82) is 0 Å². The molecule has 1 aromatic carbocycles. The molecule has 0 saturated heterocycles. The highest BCUT2D eigenvalue weighted by molar-refractivity contribution is 5.97. The molecule has 2 amide bonds. The van der Waals surface area contributed by atoms with Crippen molar-refractivity contribution in [3.63, 3.8) is 0 Å². The van der Waals surface area contributed by atoms with E-state index in [1.54, 1.807) is 51.0 Å². The first kappa shape index (κ1) is 28.0. The number of rotatable bonds is 4. The number of carbonyl (C=O) groups excluding carboxylic acids is 2. The van der Waals surface area contributed by atoms with Gasteiger partial charge in [0.05, 0.1) is 17.8 Å². The number of hydrogen-bond donors (Lipinski definition) is 1. The number of carbonyl (C=O) groups is 2. The summed E-state index contributed by atoms with van der Waals surface area (Å²) in [5.41, 5.74) is 2.15. The van der Waals surface area contributed by atoms with E-state index in [4.69, 9.17) is 24.2 Å². The first-order valence-corrected chi connectivity index (χ1v) is 14.2. The predicted octanol–water partition coefficient (Wildman–Crippen LogP) is 5.35. The highest BCUT2D eigenvalue weighted by Crippen LogP contribution is 2.50. The number of nitrogens with zero attached hydrogens (tertiary/aromatic N) is 5. The van der Waals surface area contributed by atoms with E-state index in [1.165, 1.54) is 6.07 Å². The molecule has 0 radical (unpaired) electrons. The monoisotopic (exact) mass is 604 g/mol. The maximum Gasteiger partial charge on any atom is 0.408 e. The fourth-order valence-electron chi connectivity index (χ4n) is 6.32. The number of imidazole rings is 1. The Bertz CT molecular complexity index is 1850. The summed E-state index contributed by atoms with van der Waals surface area (Å²) in [4.78, 5) is 41.9. The number of halogens is 2. The molecule has 228 valence electrons. The van der Waals surface area contributed by atoms with Crippen LogP contribution in [0.25, 0.3) is 22.4 Å². The zero-order valence-corrected chi connectivity index (χ0v) is 24.7. The van der Waals surface area contributed by atoms with Gasteiger partial charge in [-0.1, -0.05) is 6.07 Å². The van der Waals surface area contributed by atoms with Gasteiger partial charge in [0.25, 0.3) is 5.91 Å². The SMILES string of the molecule is CN1C(=O)c2cccc(OC(F)F)c2C2CC1c1nc3ccc(-c4cnc5c(c4)OCC5(C)NC(=O)OC(C)(C)C)nc3n12. The van der Waals surface area contributed by atoms with Crippen LogP contribution in [0, 0.1) is 0 Å². The Morgan fingerprint density at radius 1 is 1.18 bits per heavy atom. The molecule has 0 aliphatic carbocycles. The fourth-order valence-corrected chi connectivity index (χ4v) is 6.32. The van der Waals surface area contributed by atoms with Gasteiger partial charge in [-0.05, 0) is 58.0 Å². The number of pyridine rings is 2. The minimum absolute atomic E-state index is 0.0428. The van der Waals surface area contributed by atoms with Crippen LogP contribution in [0.15, 0.2) is 42.6 Å². The lowest BCUT2D eigenvalue weighted by atomic mass is 9.98. The molecule has 0 saturated carbocycles. The van der Waals surface area contributed by atoms with E-state index >= 15 is 0 Å².